The number of carbonyl (C=O) groups excluding carboxylic acids is 2. The van der Waals surface area contributed by atoms with Crippen molar-refractivity contribution >= 4 is 17.6 Å². The van der Waals surface area contributed by atoms with E-state index in [9.17, 15) is 14.7 Å². The van der Waals surface area contributed by atoms with E-state index in [1.807, 2.05) is 12.1 Å². The van der Waals surface area contributed by atoms with Crippen LogP contribution < -0.4 is 15.5 Å². The van der Waals surface area contributed by atoms with Crippen LogP contribution in [0.15, 0.2) is 24.3 Å². The van der Waals surface area contributed by atoms with Gasteiger partial charge in [0.05, 0.1) is 6.04 Å². The van der Waals surface area contributed by atoms with Gasteiger partial charge < -0.3 is 15.3 Å². The summed E-state index contributed by atoms with van der Waals surface area (Å²) >= 11 is 0. The third kappa shape index (κ3) is 3.88. The molecular formula is C15H22N4O3. The lowest BCUT2D eigenvalue weighted by Gasteiger charge is -2.38. The van der Waals surface area contributed by atoms with E-state index in [0.717, 1.165) is 31.9 Å². The van der Waals surface area contributed by atoms with Crippen LogP contribution in [0.25, 0.3) is 0 Å². The van der Waals surface area contributed by atoms with Gasteiger partial charge in [0, 0.05) is 38.9 Å². The van der Waals surface area contributed by atoms with Crippen LogP contribution in [-0.2, 0) is 4.79 Å². The Hall–Kier alpha value is -2.28. The maximum Gasteiger partial charge on any atom is 0.321 e. The van der Waals surface area contributed by atoms with Crippen LogP contribution >= 0.6 is 0 Å². The average Bonchev–Trinajstić information content (AvgIpc) is 2.55. The molecule has 1 aromatic carbocycles. The molecule has 1 atom stereocenters. The van der Waals surface area contributed by atoms with Crippen molar-refractivity contribution in [2.24, 2.45) is 0 Å². The molecule has 0 radical (unpaired) electrons. The number of carbonyl (C=O) groups is 2. The number of urea groups is 1. The number of hydrogen-bond donors (Lipinski definition) is 3. The van der Waals surface area contributed by atoms with Crippen LogP contribution in [0.3, 0.4) is 0 Å². The maximum atomic E-state index is 11.9. The molecule has 1 aliphatic rings. The summed E-state index contributed by atoms with van der Waals surface area (Å²) in [6.45, 7) is 4.87. The molecule has 3 amide bonds. The van der Waals surface area contributed by atoms with Crippen LogP contribution in [0.4, 0.5) is 10.5 Å². The molecule has 2 rings (SSSR count). The minimum atomic E-state index is -0.487. The van der Waals surface area contributed by atoms with E-state index in [1.165, 1.54) is 7.05 Å². The SMILES string of the molecule is CNC(=O)NC(=O)[C@H](C)N1CCN(c2ccc(O)cc2)CC1. The molecule has 0 bridgehead atoms. The number of nitrogens with one attached hydrogen (secondary N) is 2. The third-order valence-corrected chi connectivity index (χ3v) is 3.92. The number of nitrogens with zero attached hydrogens (tertiary/aromatic N) is 2. The van der Waals surface area contributed by atoms with Gasteiger partial charge in [-0.25, -0.2) is 4.79 Å². The van der Waals surface area contributed by atoms with Crippen molar-refractivity contribution in [3.8, 4) is 5.75 Å². The van der Waals surface area contributed by atoms with Gasteiger partial charge in [0.2, 0.25) is 5.91 Å². The molecule has 7 nitrogen and oxygen atoms in total. The summed E-state index contributed by atoms with van der Waals surface area (Å²) in [6, 6.07) is 6.26. The smallest absolute Gasteiger partial charge is 0.321 e. The topological polar surface area (TPSA) is 84.9 Å². The summed E-state index contributed by atoms with van der Waals surface area (Å²) in [5.74, 6) is -0.0423. The lowest BCUT2D eigenvalue weighted by molar-refractivity contribution is -0.124. The Labute approximate surface area is 129 Å². The molecule has 3 N–H and O–H groups in total. The van der Waals surface area contributed by atoms with Gasteiger partial charge in [-0.2, -0.15) is 0 Å². The van der Waals surface area contributed by atoms with Crippen LogP contribution in [0.2, 0.25) is 0 Å². The molecule has 1 aromatic rings. The zero-order valence-corrected chi connectivity index (χ0v) is 12.9. The molecule has 120 valence electrons. The van der Waals surface area contributed by atoms with E-state index < -0.39 is 6.03 Å². The average molecular weight is 306 g/mol. The van der Waals surface area contributed by atoms with Gasteiger partial charge in [0.1, 0.15) is 5.75 Å². The van der Waals surface area contributed by atoms with Crippen molar-refractivity contribution in [2.75, 3.05) is 38.1 Å². The fourth-order valence-corrected chi connectivity index (χ4v) is 2.48. The summed E-state index contributed by atoms with van der Waals surface area (Å²) in [5, 5.41) is 14.0. The second-order valence-corrected chi connectivity index (χ2v) is 5.28. The summed E-state index contributed by atoms with van der Waals surface area (Å²) in [5.41, 5.74) is 1.06. The van der Waals surface area contributed by atoms with E-state index in [1.54, 1.807) is 19.1 Å². The summed E-state index contributed by atoms with van der Waals surface area (Å²) in [6.07, 6.45) is 0. The Balaban J connectivity index is 1.87. The Kier molecular flexibility index (Phi) is 5.21. The number of benzene rings is 1. The Morgan fingerprint density at radius 2 is 1.73 bits per heavy atom. The predicted octanol–water partition coefficient (Wildman–Crippen LogP) is 0.358. The van der Waals surface area contributed by atoms with Gasteiger partial charge in [0.15, 0.2) is 0 Å². The van der Waals surface area contributed by atoms with Crippen molar-refractivity contribution in [3.05, 3.63) is 24.3 Å². The molecule has 22 heavy (non-hydrogen) atoms. The van der Waals surface area contributed by atoms with E-state index in [0.29, 0.717) is 0 Å². The largest absolute Gasteiger partial charge is 0.508 e. The van der Waals surface area contributed by atoms with E-state index in [4.69, 9.17) is 0 Å². The molecule has 0 spiro atoms. The number of phenolic OH excluding ortho intramolecular Hbond substituents is 1. The first kappa shape index (κ1) is 16.1. The summed E-state index contributed by atoms with van der Waals surface area (Å²) in [4.78, 5) is 27.4. The normalized spacial score (nSPS) is 16.9. The highest BCUT2D eigenvalue weighted by Gasteiger charge is 2.26. The second kappa shape index (κ2) is 7.13. The lowest BCUT2D eigenvalue weighted by atomic mass is 10.2. The Morgan fingerprint density at radius 3 is 2.27 bits per heavy atom. The zero-order valence-electron chi connectivity index (χ0n) is 12.9. The lowest BCUT2D eigenvalue weighted by Crippen LogP contribution is -2.55. The molecule has 0 aromatic heterocycles. The molecule has 0 saturated carbocycles. The molecule has 1 aliphatic heterocycles. The molecule has 0 unspecified atom stereocenters. The minimum Gasteiger partial charge on any atom is -0.508 e. The molecule has 0 aliphatic carbocycles. The fraction of sp³-hybridized carbons (Fsp3) is 0.467. The third-order valence-electron chi connectivity index (χ3n) is 3.92. The monoisotopic (exact) mass is 306 g/mol. The molecule has 1 saturated heterocycles. The van der Waals surface area contributed by atoms with Crippen molar-refractivity contribution in [3.63, 3.8) is 0 Å². The number of hydrogen-bond acceptors (Lipinski definition) is 5. The van der Waals surface area contributed by atoms with Crippen molar-refractivity contribution in [2.45, 2.75) is 13.0 Å². The highest BCUT2D eigenvalue weighted by atomic mass is 16.3. The number of piperazine rings is 1. The summed E-state index contributed by atoms with van der Waals surface area (Å²) < 4.78 is 0. The molecule has 7 heteroatoms. The van der Waals surface area contributed by atoms with Crippen LogP contribution in [-0.4, -0.2) is 61.2 Å². The quantitative estimate of drug-likeness (QED) is 0.751. The number of amides is 3. The van der Waals surface area contributed by atoms with Crippen molar-refractivity contribution < 1.29 is 14.7 Å². The van der Waals surface area contributed by atoms with Gasteiger partial charge in [-0.05, 0) is 31.2 Å². The van der Waals surface area contributed by atoms with E-state index >= 15 is 0 Å². The summed E-state index contributed by atoms with van der Waals surface area (Å²) in [7, 11) is 1.48. The molecule has 1 heterocycles. The number of imide groups is 1. The highest BCUT2D eigenvalue weighted by molar-refractivity contribution is 5.96. The van der Waals surface area contributed by atoms with Gasteiger partial charge in [0.25, 0.3) is 0 Å². The second-order valence-electron chi connectivity index (χ2n) is 5.28. The van der Waals surface area contributed by atoms with Crippen LogP contribution in [0.5, 0.6) is 5.75 Å². The first-order valence-electron chi connectivity index (χ1n) is 7.32. The van der Waals surface area contributed by atoms with E-state index in [2.05, 4.69) is 20.4 Å². The number of anilines is 1. The van der Waals surface area contributed by atoms with E-state index in [-0.39, 0.29) is 17.7 Å². The first-order chi connectivity index (χ1) is 10.5. The van der Waals surface area contributed by atoms with Crippen LogP contribution in [0, 0.1) is 0 Å². The van der Waals surface area contributed by atoms with Gasteiger partial charge in [-0.3, -0.25) is 15.0 Å². The van der Waals surface area contributed by atoms with Gasteiger partial charge in [-0.1, -0.05) is 0 Å². The number of rotatable bonds is 3. The maximum absolute atomic E-state index is 11.9. The highest BCUT2D eigenvalue weighted by Crippen LogP contribution is 2.20. The predicted molar refractivity (Wildman–Crippen MR) is 84.0 cm³/mol. The van der Waals surface area contributed by atoms with Crippen molar-refractivity contribution in [1.29, 1.82) is 0 Å². The standard InChI is InChI=1S/C15H22N4O3/c1-11(14(21)17-15(22)16-2)18-7-9-19(10-8-18)12-3-5-13(20)6-4-12/h3-6,11,20H,7-10H2,1-2H3,(H2,16,17,21,22)/t11-/m0/s1. The van der Waals surface area contributed by atoms with Gasteiger partial charge in [-0.15, -0.1) is 0 Å². The molecular weight excluding hydrogens is 284 g/mol. The Morgan fingerprint density at radius 1 is 1.14 bits per heavy atom. The Bertz CT molecular complexity index is 524. The number of phenols is 1. The number of aromatic hydroxyl groups is 1. The van der Waals surface area contributed by atoms with Gasteiger partial charge >= 0.3 is 6.03 Å². The first-order valence-corrected chi connectivity index (χ1v) is 7.32. The molecule has 1 fully saturated rings. The zero-order chi connectivity index (χ0) is 16.1. The fourth-order valence-electron chi connectivity index (χ4n) is 2.48. The van der Waals surface area contributed by atoms with Crippen molar-refractivity contribution in [1.82, 2.24) is 15.5 Å². The minimum absolute atomic E-state index is 0.252. The van der Waals surface area contributed by atoms with Crippen LogP contribution in [0.1, 0.15) is 6.92 Å².